The summed E-state index contributed by atoms with van der Waals surface area (Å²) in [4.78, 5) is 0. The summed E-state index contributed by atoms with van der Waals surface area (Å²) in [7, 11) is -3.18. The molecule has 0 N–H and O–H groups in total. The first-order chi connectivity index (χ1) is 19.9. The zero-order valence-corrected chi connectivity index (χ0v) is 31.0. The van der Waals surface area contributed by atoms with Gasteiger partial charge in [-0.25, -0.2) is 0 Å². The van der Waals surface area contributed by atoms with Crippen molar-refractivity contribution in [2.75, 3.05) is 0 Å². The molecule has 0 heterocycles. The van der Waals surface area contributed by atoms with Crippen molar-refractivity contribution in [1.82, 2.24) is 0 Å². The summed E-state index contributed by atoms with van der Waals surface area (Å²) in [5.74, 6) is 0. The van der Waals surface area contributed by atoms with Gasteiger partial charge in [0.15, 0.2) is 0 Å². The zero-order chi connectivity index (χ0) is 29.8. The quantitative estimate of drug-likeness (QED) is 0.181. The Hall–Kier alpha value is -2.45. The molecule has 212 valence electrons. The number of aryl methyl sites for hydroxylation is 2. The fourth-order valence-corrected chi connectivity index (χ4v) is 27.4. The molecule has 1 unspecified atom stereocenters. The molecule has 0 saturated heterocycles. The molecule has 2 aliphatic carbocycles. The Morgan fingerprint density at radius 2 is 1.10 bits per heavy atom. The van der Waals surface area contributed by atoms with E-state index in [-0.39, 0.29) is 0 Å². The van der Waals surface area contributed by atoms with Crippen LogP contribution in [0.3, 0.4) is 0 Å². The van der Waals surface area contributed by atoms with E-state index in [1.807, 2.05) is 3.28 Å². The average molecular weight is 660 g/mol. The van der Waals surface area contributed by atoms with Gasteiger partial charge in [-0.1, -0.05) is 0 Å². The zero-order valence-electron chi connectivity index (χ0n) is 26.5. The van der Waals surface area contributed by atoms with E-state index in [4.69, 9.17) is 0 Å². The van der Waals surface area contributed by atoms with Crippen molar-refractivity contribution in [3.8, 4) is 11.1 Å². The molecular formula is C39H44Si2Zr. The van der Waals surface area contributed by atoms with Gasteiger partial charge in [-0.05, 0) is 0 Å². The third-order valence-corrected chi connectivity index (χ3v) is 23.4. The Morgan fingerprint density at radius 1 is 0.619 bits per heavy atom. The molecule has 42 heavy (non-hydrogen) atoms. The Morgan fingerprint density at radius 3 is 1.52 bits per heavy atom. The number of allylic oxidation sites excluding steroid dienone is 4. The molecule has 4 aromatic carbocycles. The van der Waals surface area contributed by atoms with Crippen molar-refractivity contribution < 1.29 is 21.3 Å². The average Bonchev–Trinajstić information content (AvgIpc) is 3.53. The van der Waals surface area contributed by atoms with Gasteiger partial charge in [-0.15, -0.1) is 0 Å². The SMILES string of the molecule is Cc1ccc2c(c1)[CH]([Zr]([C]1=C([Si](C)(C)C)C=CC1[Si](C)(C)C)=[C](c1ccccc1)c1ccccc1)c1cc(C)ccc1-2. The van der Waals surface area contributed by atoms with Gasteiger partial charge in [-0.3, -0.25) is 0 Å². The molecule has 6 rings (SSSR count). The summed E-state index contributed by atoms with van der Waals surface area (Å²) in [6.45, 7) is 20.1. The molecule has 0 aliphatic heterocycles. The van der Waals surface area contributed by atoms with Crippen molar-refractivity contribution in [3.63, 3.8) is 0 Å². The van der Waals surface area contributed by atoms with Crippen LogP contribution in [-0.4, -0.2) is 19.4 Å². The van der Waals surface area contributed by atoms with E-state index < -0.39 is 37.4 Å². The van der Waals surface area contributed by atoms with Crippen molar-refractivity contribution in [3.05, 3.63) is 151 Å². The number of hydrogen-bond acceptors (Lipinski definition) is 0. The molecule has 1 atom stereocenters. The van der Waals surface area contributed by atoms with Crippen LogP contribution in [0.4, 0.5) is 0 Å². The van der Waals surface area contributed by atoms with Gasteiger partial charge in [0.1, 0.15) is 0 Å². The first kappa shape index (κ1) is 29.6. The second kappa shape index (κ2) is 11.2. The fraction of sp³-hybridized carbons (Fsp3) is 0.256. The molecule has 0 bridgehead atoms. The molecule has 0 saturated carbocycles. The van der Waals surface area contributed by atoms with Crippen LogP contribution in [0.15, 0.2) is 118 Å². The normalized spacial score (nSPS) is 16.5. The van der Waals surface area contributed by atoms with Crippen LogP contribution in [0.25, 0.3) is 11.1 Å². The summed E-state index contributed by atoms with van der Waals surface area (Å²) in [5.41, 5.74) is 12.3. The van der Waals surface area contributed by atoms with Gasteiger partial charge in [0.25, 0.3) is 0 Å². The van der Waals surface area contributed by atoms with Crippen molar-refractivity contribution >= 4 is 19.4 Å². The molecule has 4 aromatic rings. The Labute approximate surface area is 263 Å². The van der Waals surface area contributed by atoms with Gasteiger partial charge in [0.2, 0.25) is 0 Å². The maximum absolute atomic E-state index is 2.83. The van der Waals surface area contributed by atoms with E-state index in [1.165, 1.54) is 33.4 Å². The van der Waals surface area contributed by atoms with Crippen molar-refractivity contribution in [2.45, 2.75) is 62.3 Å². The summed E-state index contributed by atoms with van der Waals surface area (Å²) >= 11 is -2.83. The van der Waals surface area contributed by atoms with E-state index in [0.717, 1.165) is 0 Å². The summed E-state index contributed by atoms with van der Waals surface area (Å²) in [6, 6.07) is 37.5. The number of fused-ring (bicyclic) bond motifs is 3. The van der Waals surface area contributed by atoms with E-state index in [9.17, 15) is 0 Å². The van der Waals surface area contributed by atoms with E-state index in [0.29, 0.717) is 9.17 Å². The summed E-state index contributed by atoms with van der Waals surface area (Å²) in [5, 5.41) is 1.75. The molecular weight excluding hydrogens is 616 g/mol. The second-order valence-electron chi connectivity index (χ2n) is 14.4. The van der Waals surface area contributed by atoms with Gasteiger partial charge < -0.3 is 0 Å². The minimum atomic E-state index is -2.83. The monoisotopic (exact) mass is 658 g/mol. The van der Waals surface area contributed by atoms with E-state index >= 15 is 0 Å². The van der Waals surface area contributed by atoms with Crippen LogP contribution in [0.5, 0.6) is 0 Å². The van der Waals surface area contributed by atoms with Crippen molar-refractivity contribution in [2.24, 2.45) is 0 Å². The molecule has 2 aliphatic rings. The summed E-state index contributed by atoms with van der Waals surface area (Å²) < 4.78 is 4.03. The second-order valence-corrected chi connectivity index (χ2v) is 30.8. The topological polar surface area (TPSA) is 0 Å². The number of hydrogen-bond donors (Lipinski definition) is 0. The van der Waals surface area contributed by atoms with Crippen LogP contribution < -0.4 is 0 Å². The molecule has 0 spiro atoms. The first-order valence-electron chi connectivity index (χ1n) is 15.4. The first-order valence-corrected chi connectivity index (χ1v) is 26.4. The molecule has 0 radical (unpaired) electrons. The maximum atomic E-state index is 2.66. The summed E-state index contributed by atoms with van der Waals surface area (Å²) in [6.07, 6.45) is 5.27. The van der Waals surface area contributed by atoms with E-state index in [2.05, 4.69) is 162 Å². The van der Waals surface area contributed by atoms with Crippen LogP contribution in [0, 0.1) is 13.8 Å². The van der Waals surface area contributed by atoms with Crippen LogP contribution in [-0.2, 0) is 21.3 Å². The Bertz CT molecular complexity index is 1650. The molecule has 0 nitrogen and oxygen atoms in total. The van der Waals surface area contributed by atoms with Crippen LogP contribution in [0.1, 0.15) is 37.0 Å². The molecule has 0 amide bonds. The van der Waals surface area contributed by atoms with Gasteiger partial charge in [0.05, 0.1) is 0 Å². The predicted molar refractivity (Wildman–Crippen MR) is 186 cm³/mol. The molecule has 0 aromatic heterocycles. The standard InChI is InChI=1S/C15H13.C13H10.C11H21Si2.Zr/c1-10-3-5-14-12(7-10)9-13-8-11(2)4-6-15(13)14;1-3-7-12(8-4-1)11-13-9-5-2-6-10-13;1-12(2,3)10-7-8-11(9-10)13(4,5)6;/h3-9H,1-2H3;1-10H;7-8,10H,1-6H3;. The van der Waals surface area contributed by atoms with Crippen LogP contribution in [0.2, 0.25) is 44.8 Å². The van der Waals surface area contributed by atoms with Gasteiger partial charge >= 0.3 is 265 Å². The van der Waals surface area contributed by atoms with Gasteiger partial charge in [-0.2, -0.15) is 0 Å². The number of rotatable bonds is 6. The predicted octanol–water partition coefficient (Wildman–Crippen LogP) is 10.7. The Balaban J connectivity index is 1.84. The molecule has 0 fully saturated rings. The molecule has 3 heteroatoms. The van der Waals surface area contributed by atoms with E-state index in [1.54, 1.807) is 19.5 Å². The number of benzene rings is 4. The van der Waals surface area contributed by atoms with Crippen LogP contribution >= 0.6 is 0 Å². The van der Waals surface area contributed by atoms with Gasteiger partial charge in [0, 0.05) is 0 Å². The third-order valence-electron chi connectivity index (χ3n) is 9.10. The Kier molecular flexibility index (Phi) is 7.92. The van der Waals surface area contributed by atoms with Crippen molar-refractivity contribution in [1.29, 1.82) is 0 Å². The minimum absolute atomic E-state index is 0.452. The third kappa shape index (κ3) is 5.38. The fourth-order valence-electron chi connectivity index (χ4n) is 7.17.